The summed E-state index contributed by atoms with van der Waals surface area (Å²) in [5.74, 6) is 0.270. The van der Waals surface area contributed by atoms with Crippen LogP contribution in [0.5, 0.6) is 5.75 Å². The van der Waals surface area contributed by atoms with Crippen LogP contribution in [0.4, 0.5) is 0 Å². The molecule has 0 aliphatic carbocycles. The Bertz CT molecular complexity index is 936. The molecule has 0 fully saturated rings. The van der Waals surface area contributed by atoms with E-state index in [9.17, 15) is 4.79 Å². The minimum atomic E-state index is -1.04. The number of nitrogens with one attached hydrogen (secondary N) is 1. The van der Waals surface area contributed by atoms with Crippen LogP contribution in [-0.2, 0) is 9.53 Å². The third-order valence-electron chi connectivity index (χ3n) is 4.44. The highest BCUT2D eigenvalue weighted by molar-refractivity contribution is 5.98. The van der Waals surface area contributed by atoms with Gasteiger partial charge in [-0.3, -0.25) is 0 Å². The number of esters is 1. The zero-order chi connectivity index (χ0) is 18.9. The molecule has 0 unspecified atom stereocenters. The first-order valence-electron chi connectivity index (χ1n) is 8.87. The van der Waals surface area contributed by atoms with Crippen LogP contribution in [0.2, 0.25) is 0 Å². The van der Waals surface area contributed by atoms with Crippen LogP contribution in [0.25, 0.3) is 22.0 Å². The van der Waals surface area contributed by atoms with Crippen LogP contribution in [-0.4, -0.2) is 23.2 Å². The maximum atomic E-state index is 12.1. The summed E-state index contributed by atoms with van der Waals surface area (Å²) in [4.78, 5) is 15.5. The molecule has 1 N–H and O–H groups in total. The Morgan fingerprint density at radius 3 is 2.42 bits per heavy atom. The van der Waals surface area contributed by atoms with Crippen molar-refractivity contribution in [2.45, 2.75) is 40.2 Å². The number of aromatic nitrogens is 1. The van der Waals surface area contributed by atoms with Crippen molar-refractivity contribution in [3.05, 3.63) is 53.7 Å². The Balaban J connectivity index is 2.01. The first kappa shape index (κ1) is 18.1. The van der Waals surface area contributed by atoms with Crippen molar-refractivity contribution in [2.24, 2.45) is 0 Å². The van der Waals surface area contributed by atoms with Gasteiger partial charge < -0.3 is 14.5 Å². The van der Waals surface area contributed by atoms with Crippen molar-refractivity contribution in [1.82, 2.24) is 4.98 Å². The van der Waals surface area contributed by atoms with Gasteiger partial charge in [0.1, 0.15) is 5.75 Å². The normalized spacial score (nSPS) is 11.6. The van der Waals surface area contributed by atoms with E-state index in [0.717, 1.165) is 27.7 Å². The number of benzene rings is 2. The Hall–Kier alpha value is -2.75. The molecule has 0 amide bonds. The molecule has 0 aliphatic heterocycles. The number of fused-ring (bicyclic) bond motifs is 1. The van der Waals surface area contributed by atoms with Crippen LogP contribution >= 0.6 is 0 Å². The lowest BCUT2D eigenvalue weighted by molar-refractivity contribution is -0.158. The Morgan fingerprint density at radius 1 is 1.08 bits per heavy atom. The van der Waals surface area contributed by atoms with E-state index in [0.29, 0.717) is 12.4 Å². The highest BCUT2D eigenvalue weighted by Crippen LogP contribution is 2.35. The molecule has 3 rings (SSSR count). The Labute approximate surface area is 154 Å². The number of hydrogen-bond acceptors (Lipinski definition) is 3. The number of aryl methyl sites for hydroxylation is 2. The molecule has 3 aromatic rings. The lowest BCUT2D eigenvalue weighted by Gasteiger charge is -2.24. The molecular formula is C22H25NO3. The topological polar surface area (TPSA) is 51.3 Å². The van der Waals surface area contributed by atoms with Gasteiger partial charge in [-0.25, -0.2) is 4.79 Å². The summed E-state index contributed by atoms with van der Waals surface area (Å²) in [6.45, 7) is 9.71. The van der Waals surface area contributed by atoms with Crippen molar-refractivity contribution in [2.75, 3.05) is 6.61 Å². The molecule has 1 heterocycles. The monoisotopic (exact) mass is 351 g/mol. The second-order valence-corrected chi connectivity index (χ2v) is 7.03. The number of carbonyl (C=O) groups is 1. The minimum Gasteiger partial charge on any atom is -0.476 e. The molecule has 0 bridgehead atoms. The van der Waals surface area contributed by atoms with Gasteiger partial charge >= 0.3 is 5.97 Å². The lowest BCUT2D eigenvalue weighted by atomic mass is 10.0. The molecule has 136 valence electrons. The number of rotatable bonds is 5. The molecule has 4 heteroatoms. The fourth-order valence-electron chi connectivity index (χ4n) is 3.10. The van der Waals surface area contributed by atoms with Gasteiger partial charge in [0.25, 0.3) is 0 Å². The van der Waals surface area contributed by atoms with Crippen molar-refractivity contribution in [1.29, 1.82) is 0 Å². The van der Waals surface area contributed by atoms with E-state index in [2.05, 4.69) is 43.1 Å². The van der Waals surface area contributed by atoms with Crippen molar-refractivity contribution in [3.63, 3.8) is 0 Å². The number of aromatic amines is 1. The van der Waals surface area contributed by atoms with Crippen molar-refractivity contribution >= 4 is 16.9 Å². The van der Waals surface area contributed by atoms with Gasteiger partial charge in [0, 0.05) is 22.2 Å². The molecule has 1 aromatic heterocycles. The first-order valence-corrected chi connectivity index (χ1v) is 8.87. The Morgan fingerprint density at radius 2 is 1.77 bits per heavy atom. The summed E-state index contributed by atoms with van der Waals surface area (Å²) in [7, 11) is 0. The van der Waals surface area contributed by atoms with Crippen LogP contribution in [0, 0.1) is 13.8 Å². The summed E-state index contributed by atoms with van der Waals surface area (Å²) in [5.41, 5.74) is 4.64. The standard InChI is InChI=1S/C22H25NO3/c1-6-25-21(24)22(4,5)26-17-11-12-19-18(13-17)20(15(3)23-19)16-9-7-14(2)8-10-16/h7-13,23H,6H2,1-5H3. The zero-order valence-electron chi connectivity index (χ0n) is 16.0. The predicted molar refractivity (Wildman–Crippen MR) is 105 cm³/mol. The molecule has 0 atom stereocenters. The summed E-state index contributed by atoms with van der Waals surface area (Å²) >= 11 is 0. The second-order valence-electron chi connectivity index (χ2n) is 7.03. The van der Waals surface area contributed by atoms with Crippen LogP contribution < -0.4 is 4.74 Å². The van der Waals surface area contributed by atoms with Gasteiger partial charge in [-0.15, -0.1) is 0 Å². The highest BCUT2D eigenvalue weighted by Gasteiger charge is 2.31. The molecule has 0 radical (unpaired) electrons. The average Bonchev–Trinajstić information content (AvgIpc) is 2.91. The quantitative estimate of drug-likeness (QED) is 0.645. The van der Waals surface area contributed by atoms with E-state index < -0.39 is 5.60 Å². The zero-order valence-corrected chi connectivity index (χ0v) is 16.0. The summed E-state index contributed by atoms with van der Waals surface area (Å²) in [5, 5.41) is 1.07. The molecule has 2 aromatic carbocycles. The van der Waals surface area contributed by atoms with Crippen molar-refractivity contribution in [3.8, 4) is 16.9 Å². The van der Waals surface area contributed by atoms with E-state index in [4.69, 9.17) is 9.47 Å². The molecule has 0 saturated heterocycles. The number of carbonyl (C=O) groups excluding carboxylic acids is 1. The van der Waals surface area contributed by atoms with E-state index in [1.54, 1.807) is 20.8 Å². The largest absolute Gasteiger partial charge is 0.476 e. The number of ether oxygens (including phenoxy) is 2. The first-order chi connectivity index (χ1) is 12.3. The lowest BCUT2D eigenvalue weighted by Crippen LogP contribution is -2.39. The van der Waals surface area contributed by atoms with Crippen LogP contribution in [0.1, 0.15) is 32.0 Å². The van der Waals surface area contributed by atoms with Gasteiger partial charge in [0.05, 0.1) is 6.61 Å². The smallest absolute Gasteiger partial charge is 0.349 e. The molecule has 0 aliphatic rings. The number of hydrogen-bond donors (Lipinski definition) is 1. The summed E-state index contributed by atoms with van der Waals surface area (Å²) in [6, 6.07) is 14.3. The van der Waals surface area contributed by atoms with Crippen LogP contribution in [0.15, 0.2) is 42.5 Å². The molecule has 0 saturated carbocycles. The third kappa shape index (κ3) is 3.45. The van der Waals surface area contributed by atoms with E-state index in [1.807, 2.05) is 18.2 Å². The summed E-state index contributed by atoms with van der Waals surface area (Å²) < 4.78 is 11.1. The minimum absolute atomic E-state index is 0.333. The molecule has 4 nitrogen and oxygen atoms in total. The van der Waals surface area contributed by atoms with E-state index in [1.165, 1.54) is 5.56 Å². The molecular weight excluding hydrogens is 326 g/mol. The summed E-state index contributed by atoms with van der Waals surface area (Å²) in [6.07, 6.45) is 0. The molecule has 26 heavy (non-hydrogen) atoms. The second kappa shape index (κ2) is 6.87. The molecule has 0 spiro atoms. The van der Waals surface area contributed by atoms with E-state index in [-0.39, 0.29) is 5.97 Å². The van der Waals surface area contributed by atoms with Crippen LogP contribution in [0.3, 0.4) is 0 Å². The Kier molecular flexibility index (Phi) is 4.77. The van der Waals surface area contributed by atoms with E-state index >= 15 is 0 Å². The highest BCUT2D eigenvalue weighted by atomic mass is 16.6. The maximum Gasteiger partial charge on any atom is 0.349 e. The predicted octanol–water partition coefficient (Wildman–Crippen LogP) is 5.17. The fraction of sp³-hybridized carbons (Fsp3) is 0.318. The maximum absolute atomic E-state index is 12.1. The number of H-pyrrole nitrogens is 1. The van der Waals surface area contributed by atoms with Gasteiger partial charge in [-0.2, -0.15) is 0 Å². The van der Waals surface area contributed by atoms with Gasteiger partial charge in [-0.1, -0.05) is 29.8 Å². The van der Waals surface area contributed by atoms with Gasteiger partial charge in [0.15, 0.2) is 5.60 Å². The van der Waals surface area contributed by atoms with Gasteiger partial charge in [-0.05, 0) is 58.4 Å². The SMILES string of the molecule is CCOC(=O)C(C)(C)Oc1ccc2[nH]c(C)c(-c3ccc(C)cc3)c2c1. The van der Waals surface area contributed by atoms with Gasteiger partial charge in [0.2, 0.25) is 0 Å². The van der Waals surface area contributed by atoms with Crippen molar-refractivity contribution < 1.29 is 14.3 Å². The average molecular weight is 351 g/mol. The third-order valence-corrected chi connectivity index (χ3v) is 4.44. The fourth-order valence-corrected chi connectivity index (χ4v) is 3.10.